The largest absolute Gasteiger partial charge is 0.207 e. The van der Waals surface area contributed by atoms with E-state index in [-0.39, 0.29) is 10.2 Å². The lowest BCUT2D eigenvalue weighted by Gasteiger charge is -2.24. The first-order chi connectivity index (χ1) is 4.52. The third kappa shape index (κ3) is 1.48. The molecular formula is C8H10BrF. The number of rotatable bonds is 0. The topological polar surface area (TPSA) is 0 Å². The van der Waals surface area contributed by atoms with Crippen LogP contribution in [0.1, 0.15) is 20.3 Å². The van der Waals surface area contributed by atoms with Crippen molar-refractivity contribution in [3.05, 3.63) is 23.6 Å². The van der Waals surface area contributed by atoms with Gasteiger partial charge in [0.05, 0.1) is 0 Å². The Hall–Kier alpha value is -0.110. The van der Waals surface area contributed by atoms with Gasteiger partial charge in [-0.2, -0.15) is 0 Å². The van der Waals surface area contributed by atoms with E-state index in [2.05, 4.69) is 15.9 Å². The lowest BCUT2D eigenvalue weighted by Crippen LogP contribution is -2.18. The molecule has 0 aromatic heterocycles. The van der Waals surface area contributed by atoms with E-state index in [1.807, 2.05) is 13.8 Å². The fourth-order valence-electron chi connectivity index (χ4n) is 0.866. The summed E-state index contributed by atoms with van der Waals surface area (Å²) in [7, 11) is 0. The van der Waals surface area contributed by atoms with Gasteiger partial charge in [0.1, 0.15) is 5.83 Å². The van der Waals surface area contributed by atoms with Crippen LogP contribution in [-0.2, 0) is 0 Å². The molecular weight excluding hydrogens is 195 g/mol. The highest BCUT2D eigenvalue weighted by Gasteiger charge is 2.24. The molecule has 0 aliphatic heterocycles. The van der Waals surface area contributed by atoms with E-state index >= 15 is 0 Å². The first-order valence-corrected chi connectivity index (χ1v) is 4.05. The monoisotopic (exact) mass is 204 g/mol. The molecule has 1 atom stereocenters. The summed E-state index contributed by atoms with van der Waals surface area (Å²) in [6.07, 6.45) is 3.90. The Bertz CT molecular complexity index is 201. The second kappa shape index (κ2) is 2.50. The smallest absolute Gasteiger partial charge is 0.119 e. The van der Waals surface area contributed by atoms with Crippen molar-refractivity contribution in [2.45, 2.75) is 24.6 Å². The van der Waals surface area contributed by atoms with E-state index < -0.39 is 0 Å². The molecule has 0 saturated carbocycles. The number of hydrogen-bond donors (Lipinski definition) is 0. The molecule has 0 heterocycles. The van der Waals surface area contributed by atoms with Crippen molar-refractivity contribution in [1.82, 2.24) is 0 Å². The zero-order chi connectivity index (χ0) is 7.78. The number of hydrogen-bond acceptors (Lipinski definition) is 0. The van der Waals surface area contributed by atoms with Crippen molar-refractivity contribution >= 4 is 15.9 Å². The van der Waals surface area contributed by atoms with Gasteiger partial charge < -0.3 is 0 Å². The third-order valence-corrected chi connectivity index (χ3v) is 2.81. The van der Waals surface area contributed by atoms with E-state index in [0.29, 0.717) is 0 Å². The van der Waals surface area contributed by atoms with E-state index in [1.165, 1.54) is 0 Å². The zero-order valence-corrected chi connectivity index (χ0v) is 7.70. The Morgan fingerprint density at radius 1 is 1.70 bits per heavy atom. The van der Waals surface area contributed by atoms with Crippen molar-refractivity contribution in [2.75, 3.05) is 0 Å². The summed E-state index contributed by atoms with van der Waals surface area (Å²) in [6.45, 7) is 3.98. The van der Waals surface area contributed by atoms with Crippen molar-refractivity contribution in [1.29, 1.82) is 0 Å². The van der Waals surface area contributed by atoms with Crippen LogP contribution in [-0.4, -0.2) is 4.32 Å². The van der Waals surface area contributed by atoms with Gasteiger partial charge in [0.15, 0.2) is 0 Å². The van der Waals surface area contributed by atoms with Gasteiger partial charge >= 0.3 is 0 Å². The molecule has 1 unspecified atom stereocenters. The van der Waals surface area contributed by atoms with E-state index in [4.69, 9.17) is 0 Å². The maximum Gasteiger partial charge on any atom is 0.119 e. The summed E-state index contributed by atoms with van der Waals surface area (Å²) in [5, 5.41) is 0. The van der Waals surface area contributed by atoms with Crippen LogP contribution in [0.2, 0.25) is 0 Å². The molecule has 0 nitrogen and oxygen atoms in total. The van der Waals surface area contributed by atoms with Gasteiger partial charge in [-0.3, -0.25) is 0 Å². The van der Waals surface area contributed by atoms with Gasteiger partial charge in [0.2, 0.25) is 0 Å². The van der Waals surface area contributed by atoms with Gasteiger partial charge in [-0.1, -0.05) is 21.5 Å². The summed E-state index contributed by atoms with van der Waals surface area (Å²) in [5.74, 6) is -0.116. The molecule has 1 aliphatic rings. The van der Waals surface area contributed by atoms with Crippen LogP contribution in [0.5, 0.6) is 0 Å². The lowest BCUT2D eigenvalue weighted by molar-refractivity contribution is 0.628. The van der Waals surface area contributed by atoms with Crippen LogP contribution in [0.4, 0.5) is 4.39 Å². The van der Waals surface area contributed by atoms with Gasteiger partial charge in [-0.25, -0.2) is 4.39 Å². The number of alkyl halides is 1. The molecule has 0 saturated heterocycles. The van der Waals surface area contributed by atoms with E-state index in [0.717, 1.165) is 12.0 Å². The molecule has 0 aromatic carbocycles. The maximum absolute atomic E-state index is 12.5. The minimum absolute atomic E-state index is 0.0252. The molecule has 0 bridgehead atoms. The zero-order valence-electron chi connectivity index (χ0n) is 6.12. The van der Waals surface area contributed by atoms with Gasteiger partial charge in [0, 0.05) is 4.32 Å². The van der Waals surface area contributed by atoms with Crippen LogP contribution >= 0.6 is 15.9 Å². The van der Waals surface area contributed by atoms with Crippen molar-refractivity contribution in [2.24, 2.45) is 0 Å². The minimum atomic E-state index is -0.116. The molecule has 1 rings (SSSR count). The fraction of sp³-hybridized carbons (Fsp3) is 0.500. The molecule has 0 radical (unpaired) electrons. The van der Waals surface area contributed by atoms with E-state index in [1.54, 1.807) is 12.2 Å². The average molecular weight is 205 g/mol. The van der Waals surface area contributed by atoms with Crippen LogP contribution in [0.3, 0.4) is 0 Å². The van der Waals surface area contributed by atoms with Crippen LogP contribution in [0.25, 0.3) is 0 Å². The first-order valence-electron chi connectivity index (χ1n) is 3.26. The predicted octanol–water partition coefficient (Wildman–Crippen LogP) is 3.34. The molecule has 2 heteroatoms. The van der Waals surface area contributed by atoms with E-state index in [9.17, 15) is 4.39 Å². The van der Waals surface area contributed by atoms with Crippen molar-refractivity contribution in [3.63, 3.8) is 0 Å². The Kier molecular flexibility index (Phi) is 1.99. The van der Waals surface area contributed by atoms with Crippen LogP contribution in [0, 0.1) is 0 Å². The average Bonchev–Trinajstić information content (AvgIpc) is 1.81. The Morgan fingerprint density at radius 3 is 2.70 bits per heavy atom. The molecule has 0 fully saturated rings. The summed E-state index contributed by atoms with van der Waals surface area (Å²) in [5.41, 5.74) is 1.05. The highest BCUT2D eigenvalue weighted by molar-refractivity contribution is 9.10. The number of halogens is 2. The first kappa shape index (κ1) is 7.99. The fourth-order valence-corrected chi connectivity index (χ4v) is 1.14. The van der Waals surface area contributed by atoms with Crippen LogP contribution < -0.4 is 0 Å². The lowest BCUT2D eigenvalue weighted by atomic mass is 9.94. The van der Waals surface area contributed by atoms with Gasteiger partial charge in [-0.05, 0) is 32.4 Å². The van der Waals surface area contributed by atoms with Crippen molar-refractivity contribution in [3.8, 4) is 0 Å². The summed E-state index contributed by atoms with van der Waals surface area (Å²) >= 11 is 3.51. The SMILES string of the molecule is CC1=CC(F)=CCC1(C)Br. The summed E-state index contributed by atoms with van der Waals surface area (Å²) in [6, 6.07) is 0. The molecule has 0 aromatic rings. The Labute approximate surface area is 68.9 Å². The highest BCUT2D eigenvalue weighted by atomic mass is 79.9. The van der Waals surface area contributed by atoms with Crippen molar-refractivity contribution < 1.29 is 4.39 Å². The second-order valence-electron chi connectivity index (χ2n) is 2.82. The van der Waals surface area contributed by atoms with Crippen LogP contribution in [0.15, 0.2) is 23.6 Å². The Balaban J connectivity index is 2.88. The minimum Gasteiger partial charge on any atom is -0.207 e. The Morgan fingerprint density at radius 2 is 2.30 bits per heavy atom. The normalized spacial score (nSPS) is 33.2. The second-order valence-corrected chi connectivity index (χ2v) is 4.57. The van der Waals surface area contributed by atoms with Gasteiger partial charge in [-0.15, -0.1) is 0 Å². The molecule has 56 valence electrons. The quantitative estimate of drug-likeness (QED) is 0.532. The summed E-state index contributed by atoms with van der Waals surface area (Å²) < 4.78 is 12.5. The molecule has 0 spiro atoms. The molecule has 10 heavy (non-hydrogen) atoms. The maximum atomic E-state index is 12.5. The highest BCUT2D eigenvalue weighted by Crippen LogP contribution is 2.35. The molecule has 0 N–H and O–H groups in total. The van der Waals surface area contributed by atoms with Gasteiger partial charge in [0.25, 0.3) is 0 Å². The third-order valence-electron chi connectivity index (χ3n) is 1.86. The molecule has 0 amide bonds. The molecule has 1 aliphatic carbocycles. The predicted molar refractivity (Wildman–Crippen MR) is 44.9 cm³/mol. The standard InChI is InChI=1S/C8H10BrF/c1-6-5-7(10)3-4-8(6,2)9/h3,5H,4H2,1-2H3. The number of allylic oxidation sites excluding steroid dienone is 4. The summed E-state index contributed by atoms with van der Waals surface area (Å²) in [4.78, 5) is 0.